The van der Waals surface area contributed by atoms with Crippen LogP contribution >= 0.6 is 47.2 Å². The number of carbonyl (C=O) groups is 2. The van der Waals surface area contributed by atoms with Crippen LogP contribution in [0.25, 0.3) is 11.7 Å². The predicted molar refractivity (Wildman–Crippen MR) is 135 cm³/mol. The predicted octanol–water partition coefficient (Wildman–Crippen LogP) is 4.78. The molecule has 1 fully saturated rings. The lowest BCUT2D eigenvalue weighted by Crippen LogP contribution is -2.30. The van der Waals surface area contributed by atoms with Gasteiger partial charge >= 0.3 is 5.97 Å². The van der Waals surface area contributed by atoms with Crippen LogP contribution in [-0.2, 0) is 9.59 Å². The quantitative estimate of drug-likeness (QED) is 0.355. The number of amides is 1. The first-order valence-corrected chi connectivity index (χ1v) is 11.8. The minimum atomic E-state index is -1.05. The lowest BCUT2D eigenvalue weighted by Gasteiger charge is -2.13. The molecule has 1 N–H and O–H groups in total. The largest absolute Gasteiger partial charge is 0.481 e. The number of aliphatic carboxylic acids is 1. The number of carbonyl (C=O) groups excluding carboxylic acids is 1. The highest BCUT2D eigenvalue weighted by Gasteiger charge is 2.33. The molecule has 0 unspecified atom stereocenters. The van der Waals surface area contributed by atoms with Crippen LogP contribution in [-0.4, -0.2) is 42.1 Å². The maximum absolute atomic E-state index is 13.4. The number of pyridine rings is 1. The number of thioether (sulfide) groups is 1. The maximum Gasteiger partial charge on any atom is 0.305 e. The maximum atomic E-state index is 13.4. The van der Waals surface area contributed by atoms with Gasteiger partial charge in [-0.1, -0.05) is 53.2 Å². The number of ether oxygens (including phenoxy) is 1. The first kappa shape index (κ1) is 24.2. The molecule has 0 radical (unpaired) electrons. The smallest absolute Gasteiger partial charge is 0.305 e. The number of hydrogen-bond acceptors (Lipinski definition) is 7. The van der Waals surface area contributed by atoms with Crippen molar-refractivity contribution in [3.63, 3.8) is 0 Å². The number of aryl methyl sites for hydroxylation is 1. The molecular formula is C22H15Cl2N3O5S2. The first-order chi connectivity index (χ1) is 16.2. The van der Waals surface area contributed by atoms with Gasteiger partial charge in [0.25, 0.3) is 11.5 Å². The van der Waals surface area contributed by atoms with Crippen molar-refractivity contribution in [3.05, 3.63) is 73.0 Å². The van der Waals surface area contributed by atoms with Crippen LogP contribution in [0.4, 0.5) is 0 Å². The van der Waals surface area contributed by atoms with Crippen molar-refractivity contribution in [2.75, 3.05) is 6.54 Å². The van der Waals surface area contributed by atoms with Gasteiger partial charge in [0, 0.05) is 17.8 Å². The van der Waals surface area contributed by atoms with Crippen molar-refractivity contribution >= 4 is 75.1 Å². The van der Waals surface area contributed by atoms with E-state index in [1.807, 2.05) is 0 Å². The molecule has 12 heteroatoms. The number of hydrogen-bond donors (Lipinski definition) is 1. The van der Waals surface area contributed by atoms with Gasteiger partial charge in [-0.2, -0.15) is 4.98 Å². The molecule has 1 aromatic carbocycles. The highest BCUT2D eigenvalue weighted by Crippen LogP contribution is 2.36. The Kier molecular flexibility index (Phi) is 6.94. The lowest BCUT2D eigenvalue weighted by atomic mass is 10.2. The van der Waals surface area contributed by atoms with Gasteiger partial charge in [-0.15, -0.1) is 0 Å². The van der Waals surface area contributed by atoms with Gasteiger partial charge in [-0.05, 0) is 42.8 Å². The summed E-state index contributed by atoms with van der Waals surface area (Å²) in [4.78, 5) is 43.0. The zero-order chi connectivity index (χ0) is 24.6. The van der Waals surface area contributed by atoms with Crippen LogP contribution in [0.1, 0.15) is 17.5 Å². The monoisotopic (exact) mass is 535 g/mol. The molecule has 1 aliphatic rings. The van der Waals surface area contributed by atoms with Gasteiger partial charge in [0.2, 0.25) is 5.88 Å². The summed E-state index contributed by atoms with van der Waals surface area (Å²) in [6, 6.07) is 8.12. The Hall–Kier alpha value is -2.92. The highest BCUT2D eigenvalue weighted by molar-refractivity contribution is 8.26. The van der Waals surface area contributed by atoms with Gasteiger partial charge < -0.3 is 9.84 Å². The molecule has 34 heavy (non-hydrogen) atoms. The van der Waals surface area contributed by atoms with Crippen molar-refractivity contribution in [2.45, 2.75) is 13.3 Å². The molecule has 1 amide bonds. The van der Waals surface area contributed by atoms with Crippen molar-refractivity contribution in [1.29, 1.82) is 0 Å². The minimum absolute atomic E-state index is 0.00727. The second-order valence-corrected chi connectivity index (χ2v) is 9.69. The molecule has 0 aliphatic carbocycles. The van der Waals surface area contributed by atoms with Crippen LogP contribution in [0.5, 0.6) is 11.6 Å². The Morgan fingerprint density at radius 2 is 2.06 bits per heavy atom. The summed E-state index contributed by atoms with van der Waals surface area (Å²) in [6.07, 6.45) is 2.65. The first-order valence-electron chi connectivity index (χ1n) is 9.77. The van der Waals surface area contributed by atoms with E-state index in [0.29, 0.717) is 10.7 Å². The van der Waals surface area contributed by atoms with Gasteiger partial charge in [-0.25, -0.2) is 0 Å². The number of nitrogens with zero attached hydrogens (tertiary/aromatic N) is 3. The molecule has 1 aliphatic heterocycles. The SMILES string of the molecule is Cc1cccn2c(=O)c(/C=C3/SC(=S)N(CCC(=O)O)C3=O)c(Oc3ccc(Cl)cc3Cl)nc12. The molecule has 4 rings (SSSR count). The zero-order valence-corrected chi connectivity index (χ0v) is 20.6. The van der Waals surface area contributed by atoms with Crippen LogP contribution in [0, 0.1) is 6.92 Å². The van der Waals surface area contributed by atoms with Crippen molar-refractivity contribution in [3.8, 4) is 11.6 Å². The normalized spacial score (nSPS) is 14.9. The average Bonchev–Trinajstić information content (AvgIpc) is 3.04. The molecule has 0 bridgehead atoms. The molecule has 0 spiro atoms. The number of benzene rings is 1. The minimum Gasteiger partial charge on any atom is -0.481 e. The van der Waals surface area contributed by atoms with Gasteiger partial charge in [0.05, 0.1) is 16.3 Å². The van der Waals surface area contributed by atoms with Gasteiger partial charge in [-0.3, -0.25) is 23.7 Å². The fourth-order valence-electron chi connectivity index (χ4n) is 3.19. The number of carboxylic acid groups (broad SMARTS) is 1. The van der Waals surface area contributed by atoms with E-state index in [2.05, 4.69) is 4.98 Å². The Labute approximate surface area is 212 Å². The van der Waals surface area contributed by atoms with Crippen LogP contribution in [0.15, 0.2) is 46.2 Å². The second-order valence-electron chi connectivity index (χ2n) is 7.17. The van der Waals surface area contributed by atoms with Crippen LogP contribution < -0.4 is 10.3 Å². The Balaban J connectivity index is 1.84. The van der Waals surface area contributed by atoms with E-state index in [0.717, 1.165) is 17.3 Å². The number of halogens is 2. The highest BCUT2D eigenvalue weighted by atomic mass is 35.5. The summed E-state index contributed by atoms with van der Waals surface area (Å²) >= 11 is 18.4. The summed E-state index contributed by atoms with van der Waals surface area (Å²) in [5.41, 5.74) is 0.648. The fourth-order valence-corrected chi connectivity index (χ4v) is 4.92. The fraction of sp³-hybridized carbons (Fsp3) is 0.136. The van der Waals surface area contributed by atoms with E-state index in [4.69, 9.17) is 45.3 Å². The topological polar surface area (TPSA) is 101 Å². The van der Waals surface area contributed by atoms with E-state index in [-0.39, 0.29) is 44.4 Å². The van der Waals surface area contributed by atoms with E-state index in [1.54, 1.807) is 37.4 Å². The molecule has 3 aromatic rings. The standard InChI is InChI=1S/C22H15Cl2N3O5S2/c1-11-3-2-7-26-18(11)25-19(32-15-5-4-12(23)9-14(15)24)13(20(26)30)10-16-21(31)27(22(33)34-16)8-6-17(28)29/h2-5,7,9-10H,6,8H2,1H3,(H,28,29)/b16-10+. The van der Waals surface area contributed by atoms with E-state index >= 15 is 0 Å². The Bertz CT molecular complexity index is 1450. The summed E-state index contributed by atoms with van der Waals surface area (Å²) in [6.45, 7) is 1.73. The van der Waals surface area contributed by atoms with E-state index < -0.39 is 17.4 Å². The molecule has 3 heterocycles. The van der Waals surface area contributed by atoms with Gasteiger partial charge in [0.1, 0.15) is 21.3 Å². The van der Waals surface area contributed by atoms with Crippen molar-refractivity contribution < 1.29 is 19.4 Å². The van der Waals surface area contributed by atoms with Crippen molar-refractivity contribution in [1.82, 2.24) is 14.3 Å². The molecule has 0 atom stereocenters. The summed E-state index contributed by atoms with van der Waals surface area (Å²) < 4.78 is 7.46. The lowest BCUT2D eigenvalue weighted by molar-refractivity contribution is -0.137. The van der Waals surface area contributed by atoms with Crippen molar-refractivity contribution in [2.24, 2.45) is 0 Å². The third-order valence-electron chi connectivity index (χ3n) is 4.85. The third kappa shape index (κ3) is 4.80. The molecular weight excluding hydrogens is 521 g/mol. The van der Waals surface area contributed by atoms with Crippen LogP contribution in [0.2, 0.25) is 10.0 Å². The zero-order valence-electron chi connectivity index (χ0n) is 17.4. The number of thiocarbonyl (C=S) groups is 1. The number of rotatable bonds is 6. The molecule has 1 saturated heterocycles. The molecule has 8 nitrogen and oxygen atoms in total. The average molecular weight is 536 g/mol. The van der Waals surface area contributed by atoms with E-state index in [9.17, 15) is 14.4 Å². The number of aromatic nitrogens is 2. The number of carboxylic acids is 1. The summed E-state index contributed by atoms with van der Waals surface area (Å²) in [5.74, 6) is -1.39. The molecule has 0 saturated carbocycles. The number of fused-ring (bicyclic) bond motifs is 1. The molecule has 174 valence electrons. The second kappa shape index (κ2) is 9.75. The van der Waals surface area contributed by atoms with Crippen LogP contribution in [0.3, 0.4) is 0 Å². The Morgan fingerprint density at radius 1 is 1.29 bits per heavy atom. The summed E-state index contributed by atoms with van der Waals surface area (Å²) in [5, 5.41) is 9.55. The van der Waals surface area contributed by atoms with Gasteiger partial charge in [0.15, 0.2) is 0 Å². The molecule has 2 aromatic heterocycles. The Morgan fingerprint density at radius 3 is 2.76 bits per heavy atom. The summed E-state index contributed by atoms with van der Waals surface area (Å²) in [7, 11) is 0. The third-order valence-corrected chi connectivity index (χ3v) is 6.76. The van der Waals surface area contributed by atoms with E-state index in [1.165, 1.54) is 21.4 Å².